The number of ether oxygens (including phenoxy) is 2. The summed E-state index contributed by atoms with van der Waals surface area (Å²) in [5, 5.41) is 13.1. The summed E-state index contributed by atoms with van der Waals surface area (Å²) in [6, 6.07) is 0.624. The van der Waals surface area contributed by atoms with Gasteiger partial charge in [0.05, 0.1) is 25.4 Å². The summed E-state index contributed by atoms with van der Waals surface area (Å²) in [4.78, 5) is 2.29. The molecule has 116 valence electrons. The number of aliphatic hydroxyl groups is 1. The molecule has 0 rings (SSSR count). The third-order valence-electron chi connectivity index (χ3n) is 3.15. The van der Waals surface area contributed by atoms with Crippen molar-refractivity contribution in [2.75, 3.05) is 47.1 Å². The monoisotopic (exact) mass is 276 g/mol. The van der Waals surface area contributed by atoms with Gasteiger partial charge in [-0.2, -0.15) is 0 Å². The highest BCUT2D eigenvalue weighted by Crippen LogP contribution is 2.11. The van der Waals surface area contributed by atoms with Crippen LogP contribution >= 0.6 is 0 Å². The van der Waals surface area contributed by atoms with Crippen LogP contribution in [0.3, 0.4) is 0 Å². The van der Waals surface area contributed by atoms with Gasteiger partial charge in [-0.05, 0) is 13.8 Å². The first-order valence-corrected chi connectivity index (χ1v) is 6.99. The van der Waals surface area contributed by atoms with Gasteiger partial charge in [0.1, 0.15) is 0 Å². The van der Waals surface area contributed by atoms with Gasteiger partial charge in [0.25, 0.3) is 0 Å². The molecule has 0 radical (unpaired) electrons. The van der Waals surface area contributed by atoms with E-state index in [0.29, 0.717) is 25.3 Å². The minimum Gasteiger partial charge on any atom is -0.394 e. The molecule has 5 nitrogen and oxygen atoms in total. The van der Waals surface area contributed by atoms with E-state index >= 15 is 0 Å². The Morgan fingerprint density at radius 2 is 1.84 bits per heavy atom. The van der Waals surface area contributed by atoms with E-state index in [0.717, 1.165) is 13.1 Å². The second-order valence-electron chi connectivity index (χ2n) is 5.79. The largest absolute Gasteiger partial charge is 0.394 e. The lowest BCUT2D eigenvalue weighted by atomic mass is 10.0. The zero-order valence-electron chi connectivity index (χ0n) is 13.4. The van der Waals surface area contributed by atoms with E-state index in [4.69, 9.17) is 9.47 Å². The predicted molar refractivity (Wildman–Crippen MR) is 78.5 cm³/mol. The van der Waals surface area contributed by atoms with Crippen molar-refractivity contribution >= 4 is 0 Å². The second kappa shape index (κ2) is 9.66. The normalized spacial score (nSPS) is 16.9. The number of methoxy groups -OCH3 is 2. The molecule has 0 aliphatic carbocycles. The molecule has 0 aliphatic heterocycles. The van der Waals surface area contributed by atoms with Gasteiger partial charge >= 0.3 is 0 Å². The standard InChI is InChI=1S/C14H32N2O3/c1-12(2)15-14(4,11-17)10-16(7-8-18-5)13(3)9-19-6/h12-13,15,17H,7-11H2,1-6H3. The van der Waals surface area contributed by atoms with Gasteiger partial charge in [-0.1, -0.05) is 13.8 Å². The number of hydrogen-bond acceptors (Lipinski definition) is 5. The molecule has 19 heavy (non-hydrogen) atoms. The first-order valence-electron chi connectivity index (χ1n) is 6.99. The molecule has 2 unspecified atom stereocenters. The van der Waals surface area contributed by atoms with Crippen molar-refractivity contribution in [1.82, 2.24) is 10.2 Å². The minimum atomic E-state index is -0.316. The van der Waals surface area contributed by atoms with E-state index in [-0.39, 0.29) is 12.1 Å². The Bertz CT molecular complexity index is 227. The molecule has 0 spiro atoms. The van der Waals surface area contributed by atoms with Crippen LogP contribution in [-0.4, -0.2) is 74.8 Å². The number of aliphatic hydroxyl groups excluding tert-OH is 1. The predicted octanol–water partition coefficient (Wildman–Crippen LogP) is 0.719. The molecule has 0 fully saturated rings. The number of rotatable bonds is 11. The molecular formula is C14H32N2O3. The quantitative estimate of drug-likeness (QED) is 0.582. The minimum absolute atomic E-state index is 0.106. The van der Waals surface area contributed by atoms with Crippen LogP contribution in [0.15, 0.2) is 0 Å². The van der Waals surface area contributed by atoms with Crippen LogP contribution in [0.1, 0.15) is 27.7 Å². The van der Waals surface area contributed by atoms with E-state index in [1.54, 1.807) is 14.2 Å². The molecule has 5 heteroatoms. The molecule has 0 saturated heterocycles. The van der Waals surface area contributed by atoms with Crippen LogP contribution in [0.2, 0.25) is 0 Å². The average Bonchev–Trinajstić information content (AvgIpc) is 2.33. The lowest BCUT2D eigenvalue weighted by Crippen LogP contribution is -2.58. The smallest absolute Gasteiger partial charge is 0.0623 e. The lowest BCUT2D eigenvalue weighted by molar-refractivity contribution is 0.0408. The fourth-order valence-corrected chi connectivity index (χ4v) is 2.30. The Labute approximate surface area is 118 Å². The molecule has 0 aromatic rings. The van der Waals surface area contributed by atoms with Crippen molar-refractivity contribution in [2.45, 2.75) is 45.3 Å². The second-order valence-corrected chi connectivity index (χ2v) is 5.79. The fraction of sp³-hybridized carbons (Fsp3) is 1.00. The van der Waals surface area contributed by atoms with Gasteiger partial charge in [-0.15, -0.1) is 0 Å². The van der Waals surface area contributed by atoms with Crippen LogP contribution in [0.4, 0.5) is 0 Å². The Morgan fingerprint density at radius 1 is 1.21 bits per heavy atom. The van der Waals surface area contributed by atoms with E-state index in [9.17, 15) is 5.11 Å². The van der Waals surface area contributed by atoms with Gasteiger partial charge in [0, 0.05) is 39.4 Å². The molecule has 0 saturated carbocycles. The summed E-state index contributed by atoms with van der Waals surface area (Å²) in [7, 11) is 3.42. The zero-order valence-corrected chi connectivity index (χ0v) is 13.4. The molecule has 2 N–H and O–H groups in total. The van der Waals surface area contributed by atoms with Crippen molar-refractivity contribution in [3.63, 3.8) is 0 Å². The fourth-order valence-electron chi connectivity index (χ4n) is 2.30. The maximum Gasteiger partial charge on any atom is 0.0623 e. The van der Waals surface area contributed by atoms with Crippen molar-refractivity contribution in [3.8, 4) is 0 Å². The maximum absolute atomic E-state index is 9.67. The first-order chi connectivity index (χ1) is 8.88. The molecule has 0 bridgehead atoms. The van der Waals surface area contributed by atoms with Gasteiger partial charge in [0.2, 0.25) is 0 Å². The van der Waals surface area contributed by atoms with Gasteiger partial charge in [-0.3, -0.25) is 4.90 Å². The molecule has 0 aromatic carbocycles. The van der Waals surface area contributed by atoms with Crippen molar-refractivity contribution in [2.24, 2.45) is 0 Å². The topological polar surface area (TPSA) is 54.0 Å². The Morgan fingerprint density at radius 3 is 2.26 bits per heavy atom. The SMILES string of the molecule is COCCN(CC(C)(CO)NC(C)C)C(C)COC. The van der Waals surface area contributed by atoms with Crippen LogP contribution in [-0.2, 0) is 9.47 Å². The Kier molecular flexibility index (Phi) is 9.56. The summed E-state index contributed by atoms with van der Waals surface area (Å²) in [6.45, 7) is 11.4. The summed E-state index contributed by atoms with van der Waals surface area (Å²) < 4.78 is 10.4. The van der Waals surface area contributed by atoms with Gasteiger partial charge < -0.3 is 19.9 Å². The highest BCUT2D eigenvalue weighted by atomic mass is 16.5. The molecule has 0 heterocycles. The van der Waals surface area contributed by atoms with Crippen LogP contribution in [0, 0.1) is 0 Å². The Balaban J connectivity index is 4.64. The number of nitrogens with zero attached hydrogens (tertiary/aromatic N) is 1. The molecular weight excluding hydrogens is 244 g/mol. The summed E-state index contributed by atoms with van der Waals surface area (Å²) in [5.74, 6) is 0. The summed E-state index contributed by atoms with van der Waals surface area (Å²) in [6.07, 6.45) is 0. The maximum atomic E-state index is 9.67. The van der Waals surface area contributed by atoms with Crippen molar-refractivity contribution < 1.29 is 14.6 Å². The zero-order chi connectivity index (χ0) is 14.9. The number of hydrogen-bond donors (Lipinski definition) is 2. The molecule has 2 atom stereocenters. The third kappa shape index (κ3) is 7.84. The molecule has 0 aliphatic rings. The van der Waals surface area contributed by atoms with E-state index < -0.39 is 0 Å². The van der Waals surface area contributed by atoms with Crippen molar-refractivity contribution in [1.29, 1.82) is 0 Å². The van der Waals surface area contributed by atoms with Crippen LogP contribution < -0.4 is 5.32 Å². The van der Waals surface area contributed by atoms with Crippen molar-refractivity contribution in [3.05, 3.63) is 0 Å². The lowest BCUT2D eigenvalue weighted by Gasteiger charge is -2.39. The Hall–Kier alpha value is -0.200. The van der Waals surface area contributed by atoms with Crippen LogP contribution in [0.25, 0.3) is 0 Å². The third-order valence-corrected chi connectivity index (χ3v) is 3.15. The number of nitrogens with one attached hydrogen (secondary N) is 1. The highest BCUT2D eigenvalue weighted by Gasteiger charge is 2.28. The van der Waals surface area contributed by atoms with E-state index in [2.05, 4.69) is 31.0 Å². The summed E-state index contributed by atoms with van der Waals surface area (Å²) >= 11 is 0. The molecule has 0 amide bonds. The first kappa shape index (κ1) is 18.8. The van der Waals surface area contributed by atoms with Crippen LogP contribution in [0.5, 0.6) is 0 Å². The highest BCUT2D eigenvalue weighted by molar-refractivity contribution is 4.89. The van der Waals surface area contributed by atoms with E-state index in [1.807, 2.05) is 6.92 Å². The van der Waals surface area contributed by atoms with E-state index in [1.165, 1.54) is 0 Å². The van der Waals surface area contributed by atoms with Gasteiger partial charge in [-0.25, -0.2) is 0 Å². The average molecular weight is 276 g/mol. The van der Waals surface area contributed by atoms with Gasteiger partial charge in [0.15, 0.2) is 0 Å². The summed E-state index contributed by atoms with van der Waals surface area (Å²) in [5.41, 5.74) is -0.316. The molecule has 0 aromatic heterocycles.